The van der Waals surface area contributed by atoms with E-state index < -0.39 is 0 Å². The Morgan fingerprint density at radius 1 is 1.08 bits per heavy atom. The highest BCUT2D eigenvalue weighted by molar-refractivity contribution is 6.02. The average Bonchev–Trinajstić information content (AvgIpc) is 2.60. The second kappa shape index (κ2) is 7.21. The van der Waals surface area contributed by atoms with Crippen LogP contribution in [0.15, 0.2) is 59.5 Å². The molecule has 3 rings (SSSR count). The molecule has 128 valence electrons. The van der Waals surface area contributed by atoms with Gasteiger partial charge in [0, 0.05) is 35.3 Å². The Bertz CT molecular complexity index is 976. The van der Waals surface area contributed by atoms with Crippen LogP contribution >= 0.6 is 0 Å². The number of carbonyl (C=O) groups is 1. The van der Waals surface area contributed by atoms with Crippen molar-refractivity contribution < 1.29 is 9.53 Å². The van der Waals surface area contributed by atoms with Crippen molar-refractivity contribution in [3.05, 3.63) is 70.6 Å². The smallest absolute Gasteiger partial charge is 0.258 e. The van der Waals surface area contributed by atoms with E-state index in [2.05, 4.69) is 5.32 Å². The number of aryl methyl sites for hydroxylation is 1. The van der Waals surface area contributed by atoms with E-state index in [0.717, 1.165) is 10.9 Å². The fourth-order valence-electron chi connectivity index (χ4n) is 2.80. The van der Waals surface area contributed by atoms with E-state index in [0.29, 0.717) is 23.4 Å². The van der Waals surface area contributed by atoms with E-state index in [1.54, 1.807) is 31.4 Å². The van der Waals surface area contributed by atoms with Gasteiger partial charge in [-0.1, -0.05) is 24.3 Å². The molecule has 0 radical (unpaired) electrons. The monoisotopic (exact) mass is 336 g/mol. The largest absolute Gasteiger partial charge is 0.494 e. The number of ether oxygens (including phenoxy) is 1. The standard InChI is InChI=1S/C20H20N2O3/c1-3-25-18-10-5-4-7-14(18)13-19(23)21-17-9-6-8-16-15(17)11-12-22(2)20(16)24/h4-12H,3,13H2,1-2H3,(H,21,23). The van der Waals surface area contributed by atoms with E-state index >= 15 is 0 Å². The third kappa shape index (κ3) is 3.55. The molecule has 1 N–H and O–H groups in total. The molecule has 5 heteroatoms. The van der Waals surface area contributed by atoms with Crippen LogP contribution in [-0.4, -0.2) is 17.1 Å². The van der Waals surface area contributed by atoms with Crippen LogP contribution in [0, 0.1) is 0 Å². The summed E-state index contributed by atoms with van der Waals surface area (Å²) < 4.78 is 7.08. The summed E-state index contributed by atoms with van der Waals surface area (Å²) in [5, 5.41) is 4.22. The molecule has 3 aromatic rings. The van der Waals surface area contributed by atoms with Gasteiger partial charge in [-0.05, 0) is 31.2 Å². The van der Waals surface area contributed by atoms with Gasteiger partial charge < -0.3 is 14.6 Å². The number of fused-ring (bicyclic) bond motifs is 1. The summed E-state index contributed by atoms with van der Waals surface area (Å²) in [6, 6.07) is 14.7. The lowest BCUT2D eigenvalue weighted by Gasteiger charge is -2.12. The zero-order valence-electron chi connectivity index (χ0n) is 14.3. The summed E-state index contributed by atoms with van der Waals surface area (Å²) in [7, 11) is 1.71. The molecule has 0 fully saturated rings. The molecule has 0 aliphatic heterocycles. The van der Waals surface area contributed by atoms with E-state index in [-0.39, 0.29) is 17.9 Å². The number of hydrogen-bond acceptors (Lipinski definition) is 3. The highest BCUT2D eigenvalue weighted by Gasteiger charge is 2.11. The number of nitrogens with zero attached hydrogens (tertiary/aromatic N) is 1. The normalized spacial score (nSPS) is 10.6. The van der Waals surface area contributed by atoms with E-state index in [9.17, 15) is 9.59 Å². The van der Waals surface area contributed by atoms with Crippen molar-refractivity contribution in [2.45, 2.75) is 13.3 Å². The second-order valence-electron chi connectivity index (χ2n) is 5.76. The average molecular weight is 336 g/mol. The minimum absolute atomic E-state index is 0.0877. The number of anilines is 1. The van der Waals surface area contributed by atoms with Gasteiger partial charge in [-0.2, -0.15) is 0 Å². The maximum absolute atomic E-state index is 12.5. The fourth-order valence-corrected chi connectivity index (χ4v) is 2.80. The first-order chi connectivity index (χ1) is 12.1. The molecule has 1 heterocycles. The number of benzene rings is 2. The fraction of sp³-hybridized carbons (Fsp3) is 0.200. The van der Waals surface area contributed by atoms with Crippen LogP contribution in [0.25, 0.3) is 10.8 Å². The van der Waals surface area contributed by atoms with E-state index in [4.69, 9.17) is 4.74 Å². The summed E-state index contributed by atoms with van der Waals surface area (Å²) in [5.41, 5.74) is 1.38. The summed E-state index contributed by atoms with van der Waals surface area (Å²) >= 11 is 0. The second-order valence-corrected chi connectivity index (χ2v) is 5.76. The minimum Gasteiger partial charge on any atom is -0.494 e. The Balaban J connectivity index is 1.86. The van der Waals surface area contributed by atoms with Gasteiger partial charge in [-0.25, -0.2) is 0 Å². The SMILES string of the molecule is CCOc1ccccc1CC(=O)Nc1cccc2c(=O)n(C)ccc12. The van der Waals surface area contributed by atoms with Crippen molar-refractivity contribution in [2.75, 3.05) is 11.9 Å². The number of hydrogen-bond donors (Lipinski definition) is 1. The summed E-state index contributed by atoms with van der Waals surface area (Å²) in [4.78, 5) is 24.7. The predicted molar refractivity (Wildman–Crippen MR) is 99.1 cm³/mol. The van der Waals surface area contributed by atoms with Crippen molar-refractivity contribution in [1.29, 1.82) is 0 Å². The molecule has 0 aliphatic rings. The molecule has 1 amide bonds. The number of aromatic nitrogens is 1. The van der Waals surface area contributed by atoms with Gasteiger partial charge in [0.1, 0.15) is 5.75 Å². The molecule has 0 saturated heterocycles. The molecule has 0 unspecified atom stereocenters. The van der Waals surface area contributed by atoms with Crippen LogP contribution in [0.5, 0.6) is 5.75 Å². The lowest BCUT2D eigenvalue weighted by Crippen LogP contribution is -2.18. The van der Waals surface area contributed by atoms with E-state index in [1.165, 1.54) is 4.57 Å². The molecular weight excluding hydrogens is 316 g/mol. The van der Waals surface area contributed by atoms with Crippen molar-refractivity contribution in [2.24, 2.45) is 7.05 Å². The van der Waals surface area contributed by atoms with Crippen molar-refractivity contribution >= 4 is 22.4 Å². The first-order valence-corrected chi connectivity index (χ1v) is 8.19. The number of para-hydroxylation sites is 1. The minimum atomic E-state index is -0.152. The molecule has 2 aromatic carbocycles. The van der Waals surface area contributed by atoms with Crippen LogP contribution in [0.2, 0.25) is 0 Å². The summed E-state index contributed by atoms with van der Waals surface area (Å²) in [5.74, 6) is 0.562. The zero-order chi connectivity index (χ0) is 17.8. The number of carbonyl (C=O) groups excluding carboxylic acids is 1. The van der Waals surface area contributed by atoms with Crippen LogP contribution in [0.4, 0.5) is 5.69 Å². The Kier molecular flexibility index (Phi) is 4.84. The van der Waals surface area contributed by atoms with Crippen LogP contribution < -0.4 is 15.6 Å². The molecule has 0 bridgehead atoms. The van der Waals surface area contributed by atoms with Gasteiger partial charge in [0.05, 0.1) is 13.0 Å². The molecule has 25 heavy (non-hydrogen) atoms. The van der Waals surface area contributed by atoms with Crippen LogP contribution in [0.1, 0.15) is 12.5 Å². The summed E-state index contributed by atoms with van der Waals surface area (Å²) in [6.07, 6.45) is 1.90. The van der Waals surface area contributed by atoms with Crippen LogP contribution in [0.3, 0.4) is 0 Å². The van der Waals surface area contributed by atoms with Crippen molar-refractivity contribution in [3.8, 4) is 5.75 Å². The molecular formula is C20H20N2O3. The van der Waals surface area contributed by atoms with Gasteiger partial charge in [-0.3, -0.25) is 9.59 Å². The molecule has 0 atom stereocenters. The number of amides is 1. The molecule has 0 spiro atoms. The maximum Gasteiger partial charge on any atom is 0.258 e. The highest BCUT2D eigenvalue weighted by atomic mass is 16.5. The molecule has 0 aliphatic carbocycles. The predicted octanol–water partition coefficient (Wildman–Crippen LogP) is 3.12. The Labute approximate surface area is 145 Å². The Morgan fingerprint density at radius 3 is 2.68 bits per heavy atom. The van der Waals surface area contributed by atoms with Gasteiger partial charge in [-0.15, -0.1) is 0 Å². The van der Waals surface area contributed by atoms with Gasteiger partial charge >= 0.3 is 0 Å². The lowest BCUT2D eigenvalue weighted by molar-refractivity contribution is -0.115. The zero-order valence-corrected chi connectivity index (χ0v) is 14.3. The first kappa shape index (κ1) is 16.8. The Morgan fingerprint density at radius 2 is 1.88 bits per heavy atom. The van der Waals surface area contributed by atoms with Gasteiger partial charge in [0.15, 0.2) is 0 Å². The van der Waals surface area contributed by atoms with Gasteiger partial charge in [0.25, 0.3) is 5.56 Å². The third-order valence-electron chi connectivity index (χ3n) is 4.02. The quantitative estimate of drug-likeness (QED) is 0.779. The maximum atomic E-state index is 12.5. The van der Waals surface area contributed by atoms with E-state index in [1.807, 2.05) is 37.3 Å². The lowest BCUT2D eigenvalue weighted by atomic mass is 10.1. The van der Waals surface area contributed by atoms with Gasteiger partial charge in [0.2, 0.25) is 5.91 Å². The van der Waals surface area contributed by atoms with Crippen molar-refractivity contribution in [3.63, 3.8) is 0 Å². The van der Waals surface area contributed by atoms with Crippen LogP contribution in [-0.2, 0) is 18.3 Å². The molecule has 5 nitrogen and oxygen atoms in total. The number of pyridine rings is 1. The number of rotatable bonds is 5. The Hall–Kier alpha value is -3.08. The topological polar surface area (TPSA) is 60.3 Å². The number of nitrogens with one attached hydrogen (secondary N) is 1. The highest BCUT2D eigenvalue weighted by Crippen LogP contribution is 2.22. The first-order valence-electron chi connectivity index (χ1n) is 8.19. The molecule has 1 aromatic heterocycles. The summed E-state index contributed by atoms with van der Waals surface area (Å²) in [6.45, 7) is 2.46. The molecule has 0 saturated carbocycles. The third-order valence-corrected chi connectivity index (χ3v) is 4.02. The van der Waals surface area contributed by atoms with Crippen molar-refractivity contribution in [1.82, 2.24) is 4.57 Å².